The van der Waals surface area contributed by atoms with E-state index in [4.69, 9.17) is 0 Å². The van der Waals surface area contributed by atoms with Crippen molar-refractivity contribution in [1.29, 1.82) is 0 Å². The highest BCUT2D eigenvalue weighted by Gasteiger charge is 2.28. The van der Waals surface area contributed by atoms with Crippen molar-refractivity contribution in [3.05, 3.63) is 54.1 Å². The summed E-state index contributed by atoms with van der Waals surface area (Å²) >= 11 is 0. The van der Waals surface area contributed by atoms with Crippen LogP contribution in [0.3, 0.4) is 0 Å². The molecule has 1 aliphatic rings. The third-order valence-electron chi connectivity index (χ3n) is 5.14. The van der Waals surface area contributed by atoms with E-state index in [9.17, 15) is 0 Å². The topological polar surface area (TPSA) is 64.7 Å². The number of likely N-dealkylation sites (tertiary alicyclic amines) is 1. The van der Waals surface area contributed by atoms with E-state index in [-0.39, 0.29) is 6.04 Å². The highest BCUT2D eigenvalue weighted by Crippen LogP contribution is 2.31. The van der Waals surface area contributed by atoms with Gasteiger partial charge < -0.3 is 0 Å². The standard InChI is InChI=1S/C18H23N7/c1-14(18-20-21-22-25(18)17-6-4-3-5-7-17)24-10-8-15(9-11-24)16-12-19-23(2)13-16/h3-7,12-15H,8-11H2,1-2H3/t14-/m0/s1. The molecule has 7 heteroatoms. The van der Waals surface area contributed by atoms with Crippen molar-refractivity contribution < 1.29 is 0 Å². The minimum atomic E-state index is 0.185. The molecule has 1 aromatic carbocycles. The molecule has 25 heavy (non-hydrogen) atoms. The number of hydrogen-bond acceptors (Lipinski definition) is 5. The van der Waals surface area contributed by atoms with Crippen molar-refractivity contribution in [2.75, 3.05) is 13.1 Å². The highest BCUT2D eigenvalue weighted by molar-refractivity contribution is 5.31. The van der Waals surface area contributed by atoms with Crippen molar-refractivity contribution in [2.24, 2.45) is 7.05 Å². The van der Waals surface area contributed by atoms with Gasteiger partial charge in [-0.15, -0.1) is 5.10 Å². The number of tetrazole rings is 1. The molecule has 0 bridgehead atoms. The molecule has 3 heterocycles. The molecule has 130 valence electrons. The largest absolute Gasteiger partial charge is 0.294 e. The summed E-state index contributed by atoms with van der Waals surface area (Å²) < 4.78 is 3.73. The average molecular weight is 337 g/mol. The van der Waals surface area contributed by atoms with Gasteiger partial charge in [0.1, 0.15) is 0 Å². The van der Waals surface area contributed by atoms with Gasteiger partial charge in [-0.05, 0) is 66.9 Å². The predicted molar refractivity (Wildman–Crippen MR) is 94.3 cm³/mol. The highest BCUT2D eigenvalue weighted by atomic mass is 15.6. The van der Waals surface area contributed by atoms with E-state index in [1.54, 1.807) is 0 Å². The van der Waals surface area contributed by atoms with Crippen molar-refractivity contribution in [3.8, 4) is 5.69 Å². The van der Waals surface area contributed by atoms with Gasteiger partial charge in [0.2, 0.25) is 0 Å². The monoisotopic (exact) mass is 337 g/mol. The fourth-order valence-electron chi connectivity index (χ4n) is 3.64. The molecule has 4 rings (SSSR count). The van der Waals surface area contributed by atoms with Gasteiger partial charge in [-0.2, -0.15) is 9.78 Å². The van der Waals surface area contributed by atoms with Crippen LogP contribution in [0.15, 0.2) is 42.7 Å². The molecular weight excluding hydrogens is 314 g/mol. The van der Waals surface area contributed by atoms with E-state index in [2.05, 4.69) is 38.6 Å². The zero-order valence-electron chi connectivity index (χ0n) is 14.7. The number of hydrogen-bond donors (Lipinski definition) is 0. The first kappa shape index (κ1) is 16.0. The van der Waals surface area contributed by atoms with Crippen LogP contribution < -0.4 is 0 Å². The second-order valence-corrected chi connectivity index (χ2v) is 6.72. The molecule has 7 nitrogen and oxygen atoms in total. The number of aromatic nitrogens is 6. The summed E-state index contributed by atoms with van der Waals surface area (Å²) in [6.07, 6.45) is 6.42. The maximum absolute atomic E-state index is 4.30. The summed E-state index contributed by atoms with van der Waals surface area (Å²) in [5.41, 5.74) is 2.35. The van der Waals surface area contributed by atoms with Crippen molar-refractivity contribution in [1.82, 2.24) is 34.9 Å². The maximum Gasteiger partial charge on any atom is 0.173 e. The SMILES string of the molecule is C[C@@H](c1nnnn1-c1ccccc1)N1CCC(c2cnn(C)c2)CC1. The van der Waals surface area contributed by atoms with Gasteiger partial charge in [-0.3, -0.25) is 9.58 Å². The summed E-state index contributed by atoms with van der Waals surface area (Å²) in [7, 11) is 1.98. The second kappa shape index (κ2) is 6.76. The van der Waals surface area contributed by atoms with E-state index in [0.29, 0.717) is 5.92 Å². The number of benzene rings is 1. The van der Waals surface area contributed by atoms with Gasteiger partial charge in [0.15, 0.2) is 5.82 Å². The molecule has 0 radical (unpaired) electrons. The smallest absolute Gasteiger partial charge is 0.173 e. The van der Waals surface area contributed by atoms with Crippen LogP contribution in [0.5, 0.6) is 0 Å². The first-order valence-corrected chi connectivity index (χ1v) is 8.78. The van der Waals surface area contributed by atoms with Crippen LogP contribution in [-0.2, 0) is 7.05 Å². The Morgan fingerprint density at radius 1 is 1.12 bits per heavy atom. The van der Waals surface area contributed by atoms with Crippen LogP contribution in [-0.4, -0.2) is 48.0 Å². The number of rotatable bonds is 4. The molecule has 3 aromatic rings. The molecule has 0 unspecified atom stereocenters. The van der Waals surface area contributed by atoms with Crippen LogP contribution in [0, 0.1) is 0 Å². The van der Waals surface area contributed by atoms with Gasteiger partial charge in [-0.1, -0.05) is 18.2 Å². The van der Waals surface area contributed by atoms with Gasteiger partial charge in [0.05, 0.1) is 17.9 Å². The molecule has 1 fully saturated rings. The molecule has 0 saturated carbocycles. The molecule has 0 N–H and O–H groups in total. The predicted octanol–water partition coefficient (Wildman–Crippen LogP) is 2.34. The summed E-state index contributed by atoms with van der Waals surface area (Å²) in [4.78, 5) is 2.47. The second-order valence-electron chi connectivity index (χ2n) is 6.72. The summed E-state index contributed by atoms with van der Waals surface area (Å²) in [5.74, 6) is 1.49. The van der Waals surface area contributed by atoms with Gasteiger partial charge in [0, 0.05) is 13.2 Å². The molecule has 1 saturated heterocycles. The molecule has 0 spiro atoms. The third kappa shape index (κ3) is 3.19. The number of aryl methyl sites for hydroxylation is 1. The summed E-state index contributed by atoms with van der Waals surface area (Å²) in [6, 6.07) is 10.3. The van der Waals surface area contributed by atoms with E-state index in [0.717, 1.165) is 37.4 Å². The Morgan fingerprint density at radius 3 is 2.56 bits per heavy atom. The molecule has 1 atom stereocenters. The minimum absolute atomic E-state index is 0.185. The van der Waals surface area contributed by atoms with Crippen LogP contribution in [0.2, 0.25) is 0 Å². The Balaban J connectivity index is 1.46. The lowest BCUT2D eigenvalue weighted by Crippen LogP contribution is -2.36. The fraction of sp³-hybridized carbons (Fsp3) is 0.444. The van der Waals surface area contributed by atoms with Crippen LogP contribution in [0.4, 0.5) is 0 Å². The van der Waals surface area contributed by atoms with E-state index < -0.39 is 0 Å². The Kier molecular flexibility index (Phi) is 4.31. The van der Waals surface area contributed by atoms with Gasteiger partial charge >= 0.3 is 0 Å². The van der Waals surface area contributed by atoms with Crippen molar-refractivity contribution >= 4 is 0 Å². The van der Waals surface area contributed by atoms with Gasteiger partial charge in [0.25, 0.3) is 0 Å². The maximum atomic E-state index is 4.30. The summed E-state index contributed by atoms with van der Waals surface area (Å²) in [6.45, 7) is 4.28. The lowest BCUT2D eigenvalue weighted by atomic mass is 9.91. The van der Waals surface area contributed by atoms with Crippen LogP contribution in [0.25, 0.3) is 5.69 Å². The average Bonchev–Trinajstić information content (AvgIpc) is 3.31. The Bertz CT molecular complexity index is 815. The third-order valence-corrected chi connectivity index (χ3v) is 5.14. The molecule has 0 amide bonds. The van der Waals surface area contributed by atoms with Crippen molar-refractivity contribution in [3.63, 3.8) is 0 Å². The molecule has 2 aromatic heterocycles. The number of nitrogens with zero attached hydrogens (tertiary/aromatic N) is 7. The number of para-hydroxylation sites is 1. The van der Waals surface area contributed by atoms with Crippen molar-refractivity contribution in [2.45, 2.75) is 31.7 Å². The normalized spacial score (nSPS) is 17.7. The molecule has 1 aliphatic heterocycles. The van der Waals surface area contributed by atoms with E-state index in [1.165, 1.54) is 5.56 Å². The lowest BCUT2D eigenvalue weighted by molar-refractivity contribution is 0.155. The quantitative estimate of drug-likeness (QED) is 0.731. The summed E-state index contributed by atoms with van der Waals surface area (Å²) in [5, 5.41) is 16.7. The van der Waals surface area contributed by atoms with Crippen LogP contribution in [0.1, 0.15) is 43.1 Å². The molecule has 0 aliphatic carbocycles. The fourth-order valence-corrected chi connectivity index (χ4v) is 3.64. The van der Waals surface area contributed by atoms with E-state index in [1.807, 2.05) is 52.9 Å². The first-order chi connectivity index (χ1) is 12.2. The Morgan fingerprint density at radius 2 is 1.88 bits per heavy atom. The van der Waals surface area contributed by atoms with Gasteiger partial charge in [-0.25, -0.2) is 0 Å². The zero-order chi connectivity index (χ0) is 17.2. The lowest BCUT2D eigenvalue weighted by Gasteiger charge is -2.35. The first-order valence-electron chi connectivity index (χ1n) is 8.78. The zero-order valence-corrected chi connectivity index (χ0v) is 14.7. The minimum Gasteiger partial charge on any atom is -0.294 e. The van der Waals surface area contributed by atoms with Crippen LogP contribution >= 0.6 is 0 Å². The van der Waals surface area contributed by atoms with E-state index >= 15 is 0 Å². The number of piperidine rings is 1. The Hall–Kier alpha value is -2.54. The molecular formula is C18H23N7. The Labute approximate surface area is 147 Å².